The lowest BCUT2D eigenvalue weighted by atomic mass is 10.1. The minimum Gasteiger partial charge on any atom is -0.325 e. The zero-order valence-electron chi connectivity index (χ0n) is 12.9. The Morgan fingerprint density at radius 3 is 2.35 bits per heavy atom. The largest absolute Gasteiger partial charge is 0.325 e. The molecule has 23 heavy (non-hydrogen) atoms. The molecular formula is C18H17ClN2O2. The van der Waals surface area contributed by atoms with Crippen LogP contribution in [0.5, 0.6) is 0 Å². The van der Waals surface area contributed by atoms with Crippen molar-refractivity contribution in [1.82, 2.24) is 0 Å². The van der Waals surface area contributed by atoms with Gasteiger partial charge in [0.05, 0.1) is 10.7 Å². The van der Waals surface area contributed by atoms with Gasteiger partial charge in [-0.2, -0.15) is 0 Å². The highest BCUT2D eigenvalue weighted by Crippen LogP contribution is 2.25. The average molecular weight is 329 g/mol. The fraction of sp³-hybridized carbons (Fsp3) is 0.111. The van der Waals surface area contributed by atoms with Gasteiger partial charge in [0.15, 0.2) is 0 Å². The van der Waals surface area contributed by atoms with E-state index in [1.54, 1.807) is 24.3 Å². The first kappa shape index (κ1) is 16.8. The number of carbonyl (C=O) groups is 2. The molecule has 2 aromatic carbocycles. The van der Waals surface area contributed by atoms with Gasteiger partial charge in [0, 0.05) is 18.7 Å². The van der Waals surface area contributed by atoms with Crippen molar-refractivity contribution in [3.05, 3.63) is 64.7 Å². The Bertz CT molecular complexity index is 752. The molecule has 2 N–H and O–H groups in total. The number of aryl methyl sites for hydroxylation is 1. The molecule has 0 aliphatic heterocycles. The van der Waals surface area contributed by atoms with Gasteiger partial charge in [0.25, 0.3) is 0 Å². The SMILES string of the molecule is CC(=O)Nc1ccc(NC(=O)/C=C/c2ccc(C)cc2)cc1Cl. The monoisotopic (exact) mass is 328 g/mol. The Kier molecular flexibility index (Phi) is 5.55. The van der Waals surface area contributed by atoms with E-state index in [1.165, 1.54) is 18.6 Å². The van der Waals surface area contributed by atoms with Crippen molar-refractivity contribution in [2.75, 3.05) is 10.6 Å². The minimum atomic E-state index is -0.256. The number of anilines is 2. The maximum Gasteiger partial charge on any atom is 0.248 e. The lowest BCUT2D eigenvalue weighted by molar-refractivity contribution is -0.114. The lowest BCUT2D eigenvalue weighted by Crippen LogP contribution is -2.09. The molecule has 0 atom stereocenters. The smallest absolute Gasteiger partial charge is 0.248 e. The first-order valence-electron chi connectivity index (χ1n) is 7.07. The molecule has 5 heteroatoms. The molecule has 0 saturated carbocycles. The van der Waals surface area contributed by atoms with Crippen LogP contribution in [0, 0.1) is 6.92 Å². The second kappa shape index (κ2) is 7.61. The number of halogens is 1. The highest BCUT2D eigenvalue weighted by atomic mass is 35.5. The highest BCUT2D eigenvalue weighted by molar-refractivity contribution is 6.34. The molecule has 2 rings (SSSR count). The van der Waals surface area contributed by atoms with E-state index in [0.29, 0.717) is 16.4 Å². The second-order valence-corrected chi connectivity index (χ2v) is 5.52. The standard InChI is InChI=1S/C18H17ClN2O2/c1-12-3-5-14(6-4-12)7-10-18(23)21-15-8-9-17(16(19)11-15)20-13(2)22/h3-11H,1-2H3,(H,20,22)(H,21,23)/b10-7+. The first-order chi connectivity index (χ1) is 10.9. The predicted octanol–water partition coefficient (Wildman–Crippen LogP) is 4.26. The quantitative estimate of drug-likeness (QED) is 0.824. The van der Waals surface area contributed by atoms with Gasteiger partial charge < -0.3 is 10.6 Å². The van der Waals surface area contributed by atoms with E-state index in [2.05, 4.69) is 10.6 Å². The van der Waals surface area contributed by atoms with Gasteiger partial charge in [-0.15, -0.1) is 0 Å². The summed E-state index contributed by atoms with van der Waals surface area (Å²) in [6.07, 6.45) is 3.20. The van der Waals surface area contributed by atoms with Crippen LogP contribution in [0.1, 0.15) is 18.1 Å². The van der Waals surface area contributed by atoms with E-state index in [4.69, 9.17) is 11.6 Å². The van der Waals surface area contributed by atoms with Crippen molar-refractivity contribution in [2.45, 2.75) is 13.8 Å². The summed E-state index contributed by atoms with van der Waals surface area (Å²) in [6.45, 7) is 3.41. The third-order valence-electron chi connectivity index (χ3n) is 3.05. The highest BCUT2D eigenvalue weighted by Gasteiger charge is 2.05. The second-order valence-electron chi connectivity index (χ2n) is 5.11. The molecule has 0 saturated heterocycles. The molecule has 0 spiro atoms. The van der Waals surface area contributed by atoms with Crippen molar-refractivity contribution in [3.63, 3.8) is 0 Å². The molecule has 0 bridgehead atoms. The maximum atomic E-state index is 11.9. The summed E-state index contributed by atoms with van der Waals surface area (Å²) < 4.78 is 0. The summed E-state index contributed by atoms with van der Waals surface area (Å²) in [5.41, 5.74) is 3.18. The van der Waals surface area contributed by atoms with Crippen LogP contribution in [-0.4, -0.2) is 11.8 Å². The first-order valence-corrected chi connectivity index (χ1v) is 7.45. The van der Waals surface area contributed by atoms with Crippen LogP contribution in [-0.2, 0) is 9.59 Å². The molecule has 118 valence electrons. The fourth-order valence-electron chi connectivity index (χ4n) is 1.92. The Labute approximate surface area is 140 Å². The van der Waals surface area contributed by atoms with Crippen LogP contribution >= 0.6 is 11.6 Å². The van der Waals surface area contributed by atoms with Crippen LogP contribution < -0.4 is 10.6 Å². The molecule has 0 radical (unpaired) electrons. The van der Waals surface area contributed by atoms with E-state index in [9.17, 15) is 9.59 Å². The van der Waals surface area contributed by atoms with E-state index < -0.39 is 0 Å². The predicted molar refractivity (Wildman–Crippen MR) is 94.6 cm³/mol. The van der Waals surface area contributed by atoms with Crippen molar-refractivity contribution in [2.24, 2.45) is 0 Å². The van der Waals surface area contributed by atoms with Crippen LogP contribution in [0.4, 0.5) is 11.4 Å². The van der Waals surface area contributed by atoms with Gasteiger partial charge in [0.2, 0.25) is 11.8 Å². The van der Waals surface area contributed by atoms with Gasteiger partial charge in [-0.3, -0.25) is 9.59 Å². The Balaban J connectivity index is 2.01. The van der Waals surface area contributed by atoms with Crippen molar-refractivity contribution >= 4 is 40.9 Å². The average Bonchev–Trinajstić information content (AvgIpc) is 2.49. The summed E-state index contributed by atoms with van der Waals surface area (Å²) in [5.74, 6) is -0.460. The van der Waals surface area contributed by atoms with E-state index >= 15 is 0 Å². The van der Waals surface area contributed by atoms with Crippen LogP contribution in [0.15, 0.2) is 48.5 Å². The molecule has 0 fully saturated rings. The fourth-order valence-corrected chi connectivity index (χ4v) is 2.15. The van der Waals surface area contributed by atoms with Crippen molar-refractivity contribution in [1.29, 1.82) is 0 Å². The van der Waals surface area contributed by atoms with Gasteiger partial charge in [0.1, 0.15) is 0 Å². The molecule has 2 aromatic rings. The molecule has 2 amide bonds. The van der Waals surface area contributed by atoms with Crippen LogP contribution in [0.25, 0.3) is 6.08 Å². The number of nitrogens with one attached hydrogen (secondary N) is 2. The van der Waals surface area contributed by atoms with E-state index in [-0.39, 0.29) is 11.8 Å². The molecule has 0 aliphatic rings. The molecule has 0 aromatic heterocycles. The van der Waals surface area contributed by atoms with Gasteiger partial charge in [-0.05, 0) is 36.8 Å². The number of benzene rings is 2. The number of hydrogen-bond donors (Lipinski definition) is 2. The zero-order valence-corrected chi connectivity index (χ0v) is 13.6. The molecule has 4 nitrogen and oxygen atoms in total. The molecule has 0 aliphatic carbocycles. The van der Waals surface area contributed by atoms with Crippen molar-refractivity contribution < 1.29 is 9.59 Å². The zero-order chi connectivity index (χ0) is 16.8. The van der Waals surface area contributed by atoms with Gasteiger partial charge >= 0.3 is 0 Å². The number of rotatable bonds is 4. The topological polar surface area (TPSA) is 58.2 Å². The molecule has 0 unspecified atom stereocenters. The Morgan fingerprint density at radius 2 is 1.74 bits per heavy atom. The summed E-state index contributed by atoms with van der Waals surface area (Å²) in [4.78, 5) is 22.9. The summed E-state index contributed by atoms with van der Waals surface area (Å²) in [6, 6.07) is 12.8. The van der Waals surface area contributed by atoms with E-state index in [1.807, 2.05) is 31.2 Å². The summed E-state index contributed by atoms with van der Waals surface area (Å²) in [7, 11) is 0. The number of hydrogen-bond acceptors (Lipinski definition) is 2. The van der Waals surface area contributed by atoms with E-state index in [0.717, 1.165) is 5.56 Å². The van der Waals surface area contributed by atoms with Crippen LogP contribution in [0.2, 0.25) is 5.02 Å². The Morgan fingerprint density at radius 1 is 1.04 bits per heavy atom. The third kappa shape index (κ3) is 5.27. The third-order valence-corrected chi connectivity index (χ3v) is 3.36. The molecule has 0 heterocycles. The van der Waals surface area contributed by atoms with Crippen molar-refractivity contribution in [3.8, 4) is 0 Å². The Hall–Kier alpha value is -2.59. The summed E-state index contributed by atoms with van der Waals surface area (Å²) >= 11 is 6.06. The minimum absolute atomic E-state index is 0.204. The summed E-state index contributed by atoms with van der Waals surface area (Å²) in [5, 5.41) is 5.69. The maximum absolute atomic E-state index is 11.9. The van der Waals surface area contributed by atoms with Gasteiger partial charge in [-0.1, -0.05) is 41.4 Å². The van der Waals surface area contributed by atoms with Gasteiger partial charge in [-0.25, -0.2) is 0 Å². The number of amides is 2. The molecular weight excluding hydrogens is 312 g/mol. The number of carbonyl (C=O) groups excluding carboxylic acids is 2. The lowest BCUT2D eigenvalue weighted by Gasteiger charge is -2.07. The van der Waals surface area contributed by atoms with Crippen LogP contribution in [0.3, 0.4) is 0 Å². The normalized spacial score (nSPS) is 10.6.